The van der Waals surface area contributed by atoms with Gasteiger partial charge in [0.25, 0.3) is 0 Å². The molecule has 4 nitrogen and oxygen atoms in total. The van der Waals surface area contributed by atoms with Gasteiger partial charge in [-0.2, -0.15) is 0 Å². The minimum atomic E-state index is -0.118. The van der Waals surface area contributed by atoms with Gasteiger partial charge in [0, 0.05) is 24.4 Å². The maximum atomic E-state index is 13.3. The van der Waals surface area contributed by atoms with E-state index in [0.717, 1.165) is 31.1 Å². The summed E-state index contributed by atoms with van der Waals surface area (Å²) in [4.78, 5) is 26.4. The molecule has 2 N–H and O–H groups in total. The third-order valence-electron chi connectivity index (χ3n) is 13.5. The van der Waals surface area contributed by atoms with Crippen LogP contribution in [-0.2, 0) is 9.59 Å². The molecule has 5 saturated carbocycles. The van der Waals surface area contributed by atoms with Gasteiger partial charge in [0.1, 0.15) is 0 Å². The zero-order valence-corrected chi connectivity index (χ0v) is 22.4. The maximum absolute atomic E-state index is 13.3. The van der Waals surface area contributed by atoms with Crippen LogP contribution < -0.4 is 10.6 Å². The van der Waals surface area contributed by atoms with E-state index in [1.807, 2.05) is 0 Å². The van der Waals surface area contributed by atoms with Gasteiger partial charge in [-0.1, -0.05) is 55.4 Å². The third-order valence-corrected chi connectivity index (χ3v) is 13.5. The molecule has 0 unspecified atom stereocenters. The number of nitrogens with one attached hydrogen (secondary N) is 2. The molecular weight excluding hydrogens is 408 g/mol. The molecular formula is C29H48N2O2. The molecule has 0 spiro atoms. The van der Waals surface area contributed by atoms with E-state index in [1.165, 1.54) is 25.7 Å². The lowest BCUT2D eigenvalue weighted by atomic mass is 9.53. The molecule has 2 amide bonds. The summed E-state index contributed by atoms with van der Waals surface area (Å²) in [7, 11) is 0. The van der Waals surface area contributed by atoms with Gasteiger partial charge in [-0.25, -0.2) is 0 Å². The lowest BCUT2D eigenvalue weighted by Gasteiger charge is -2.52. The topological polar surface area (TPSA) is 58.2 Å². The molecule has 5 fully saturated rings. The summed E-state index contributed by atoms with van der Waals surface area (Å²) < 4.78 is 0. The molecule has 0 heterocycles. The van der Waals surface area contributed by atoms with Crippen LogP contribution >= 0.6 is 0 Å². The van der Waals surface area contributed by atoms with Crippen molar-refractivity contribution in [2.45, 2.75) is 119 Å². The first-order valence-corrected chi connectivity index (χ1v) is 13.7. The van der Waals surface area contributed by atoms with Crippen LogP contribution in [0.3, 0.4) is 0 Å². The first-order valence-electron chi connectivity index (χ1n) is 13.7. The Morgan fingerprint density at radius 2 is 1.21 bits per heavy atom. The van der Waals surface area contributed by atoms with Gasteiger partial charge in [0.2, 0.25) is 11.8 Å². The van der Waals surface area contributed by atoms with Crippen molar-refractivity contribution in [1.29, 1.82) is 0 Å². The van der Waals surface area contributed by atoms with Crippen LogP contribution in [-0.4, -0.2) is 23.9 Å². The van der Waals surface area contributed by atoms with E-state index in [1.54, 1.807) is 0 Å². The highest BCUT2D eigenvalue weighted by atomic mass is 16.2. The minimum Gasteiger partial charge on any atom is -0.353 e. The Morgan fingerprint density at radius 1 is 0.727 bits per heavy atom. The van der Waals surface area contributed by atoms with Crippen molar-refractivity contribution in [3.05, 3.63) is 0 Å². The molecule has 0 radical (unpaired) electrons. The van der Waals surface area contributed by atoms with Crippen molar-refractivity contribution >= 4 is 11.8 Å². The zero-order chi connectivity index (χ0) is 24.2. The van der Waals surface area contributed by atoms with Crippen LogP contribution in [0.5, 0.6) is 0 Å². The fourth-order valence-electron chi connectivity index (χ4n) is 9.40. The van der Waals surface area contributed by atoms with E-state index in [4.69, 9.17) is 0 Å². The predicted octanol–water partition coefficient (Wildman–Crippen LogP) is 5.70. The summed E-state index contributed by atoms with van der Waals surface area (Å²) in [6, 6.07) is 0.613. The van der Waals surface area contributed by atoms with Crippen LogP contribution in [0.25, 0.3) is 0 Å². The summed E-state index contributed by atoms with van der Waals surface area (Å²) in [6.45, 7) is 18.8. The van der Waals surface area contributed by atoms with Crippen LogP contribution in [0.1, 0.15) is 107 Å². The van der Waals surface area contributed by atoms with Crippen LogP contribution in [0.2, 0.25) is 0 Å². The molecule has 4 heteroatoms. The largest absolute Gasteiger partial charge is 0.353 e. The number of carbonyl (C=O) groups excluding carboxylic acids is 2. The van der Waals surface area contributed by atoms with Crippen molar-refractivity contribution in [3.63, 3.8) is 0 Å². The van der Waals surface area contributed by atoms with Crippen molar-refractivity contribution < 1.29 is 9.59 Å². The Hall–Kier alpha value is -1.06. The van der Waals surface area contributed by atoms with Crippen molar-refractivity contribution in [2.75, 3.05) is 0 Å². The zero-order valence-electron chi connectivity index (χ0n) is 22.4. The van der Waals surface area contributed by atoms with E-state index in [0.29, 0.717) is 35.3 Å². The summed E-state index contributed by atoms with van der Waals surface area (Å²) >= 11 is 0. The van der Waals surface area contributed by atoms with Crippen LogP contribution in [0.15, 0.2) is 0 Å². The second-order valence-corrected chi connectivity index (χ2v) is 14.9. The molecule has 5 aliphatic carbocycles. The van der Waals surface area contributed by atoms with Gasteiger partial charge in [-0.05, 0) is 89.8 Å². The normalized spacial score (nSPS) is 47.9. The quantitative estimate of drug-likeness (QED) is 0.557. The maximum Gasteiger partial charge on any atom is 0.223 e. The van der Waals surface area contributed by atoms with E-state index in [-0.39, 0.29) is 34.0 Å². The highest BCUT2D eigenvalue weighted by Gasteiger charge is 2.63. The summed E-state index contributed by atoms with van der Waals surface area (Å²) in [5.74, 6) is 2.22. The molecule has 33 heavy (non-hydrogen) atoms. The molecule has 0 aromatic carbocycles. The molecule has 0 saturated heterocycles. The molecule has 186 valence electrons. The fraction of sp³-hybridized carbons (Fsp3) is 0.931. The molecule has 8 atom stereocenters. The average Bonchev–Trinajstić information content (AvgIpc) is 3.22. The number of amides is 2. The average molecular weight is 457 g/mol. The predicted molar refractivity (Wildman–Crippen MR) is 132 cm³/mol. The van der Waals surface area contributed by atoms with Gasteiger partial charge in [-0.15, -0.1) is 0 Å². The Morgan fingerprint density at radius 3 is 1.61 bits per heavy atom. The molecule has 0 aromatic rings. The fourth-order valence-corrected chi connectivity index (χ4v) is 9.40. The number of rotatable bonds is 5. The van der Waals surface area contributed by atoms with E-state index in [9.17, 15) is 9.59 Å². The molecule has 5 aliphatic rings. The number of fused-ring (bicyclic) bond motifs is 4. The Kier molecular flexibility index (Phi) is 5.02. The van der Waals surface area contributed by atoms with Crippen LogP contribution in [0.4, 0.5) is 0 Å². The smallest absolute Gasteiger partial charge is 0.223 e. The highest BCUT2D eigenvalue weighted by molar-refractivity contribution is 5.82. The molecule has 0 aliphatic heterocycles. The first kappa shape index (κ1) is 23.7. The molecule has 4 bridgehead atoms. The van der Waals surface area contributed by atoms with Crippen molar-refractivity contribution in [2.24, 2.45) is 50.7 Å². The lowest BCUT2D eigenvalue weighted by molar-refractivity contribution is -0.146. The second kappa shape index (κ2) is 7.00. The number of carbonyl (C=O) groups is 2. The van der Waals surface area contributed by atoms with Crippen LogP contribution in [0, 0.1) is 50.7 Å². The Balaban J connectivity index is 1.16. The Bertz CT molecular complexity index is 860. The second-order valence-electron chi connectivity index (χ2n) is 14.9. The summed E-state index contributed by atoms with van der Waals surface area (Å²) in [5.41, 5.74) is 0.939. The molecule has 5 rings (SSSR count). The highest BCUT2D eigenvalue weighted by Crippen LogP contribution is 2.66. The SMILES string of the molecule is CC1(C)[C@H](CC(=O)N[C@@H]2C[C@@H]3CC[C@]2(C)C3(C)C)C[C@@H]1C(=O)N[C@@H]1C[C@@H]2CC[C@]1(C)C2(C)C. The third kappa shape index (κ3) is 3.00. The molecule has 0 aromatic heterocycles. The van der Waals surface area contributed by atoms with E-state index < -0.39 is 0 Å². The first-order chi connectivity index (χ1) is 15.1. The van der Waals surface area contributed by atoms with Gasteiger partial charge < -0.3 is 10.6 Å². The number of hydrogen-bond donors (Lipinski definition) is 2. The van der Waals surface area contributed by atoms with Gasteiger partial charge in [0.15, 0.2) is 0 Å². The van der Waals surface area contributed by atoms with Gasteiger partial charge in [0.05, 0.1) is 0 Å². The van der Waals surface area contributed by atoms with Crippen molar-refractivity contribution in [3.8, 4) is 0 Å². The minimum absolute atomic E-state index is 0.0279. The Labute approximate surface area is 201 Å². The van der Waals surface area contributed by atoms with Crippen molar-refractivity contribution in [1.82, 2.24) is 10.6 Å². The lowest BCUT2D eigenvalue weighted by Crippen LogP contribution is -2.57. The summed E-state index contributed by atoms with van der Waals surface area (Å²) in [5, 5.41) is 6.93. The van der Waals surface area contributed by atoms with Gasteiger partial charge in [-0.3, -0.25) is 9.59 Å². The summed E-state index contributed by atoms with van der Waals surface area (Å²) in [6.07, 6.45) is 8.73. The monoisotopic (exact) mass is 456 g/mol. The standard InChI is InChI=1S/C29H48N2O2/c1-25(2)19(16-23(32)30-21-14-17-9-11-28(21,7)26(17,3)4)13-20(25)24(33)31-22-15-18-10-12-29(22,8)27(18,5)6/h17-22H,9-16H2,1-8H3,(H,30,32)(H,31,33)/t17-,18-,19-,20+,21+,22+,28-,29-/m0/s1. The van der Waals surface area contributed by atoms with Gasteiger partial charge >= 0.3 is 0 Å². The number of hydrogen-bond acceptors (Lipinski definition) is 2. The van der Waals surface area contributed by atoms with E-state index in [2.05, 4.69) is 66.0 Å². The van der Waals surface area contributed by atoms with E-state index >= 15 is 0 Å².